The number of carbonyl (C=O) groups is 1. The minimum atomic E-state index is -3.80. The van der Waals surface area contributed by atoms with Gasteiger partial charge in [-0.1, -0.05) is 18.2 Å². The van der Waals surface area contributed by atoms with Gasteiger partial charge < -0.3 is 15.5 Å². The van der Waals surface area contributed by atoms with E-state index in [9.17, 15) is 13.2 Å². The summed E-state index contributed by atoms with van der Waals surface area (Å²) in [5, 5.41) is 0.470. The van der Waals surface area contributed by atoms with Crippen molar-refractivity contribution in [2.45, 2.75) is 4.90 Å². The molecule has 0 saturated carbocycles. The monoisotopic (exact) mass is 309 g/mol. The van der Waals surface area contributed by atoms with Crippen molar-refractivity contribution in [3.05, 3.63) is 30.0 Å². The number of sulfonamides is 1. The van der Waals surface area contributed by atoms with E-state index in [-0.39, 0.29) is 23.7 Å². The Morgan fingerprint density at radius 2 is 1.90 bits per heavy atom. The molecule has 1 aromatic carbocycles. The molecule has 3 rings (SSSR count). The molecule has 0 atom stereocenters. The second kappa shape index (κ2) is 5.14. The summed E-state index contributed by atoms with van der Waals surface area (Å²) in [5.41, 5.74) is 5.81. The first-order valence-electron chi connectivity index (χ1n) is 6.50. The zero-order valence-corrected chi connectivity index (χ0v) is 12.0. The molecule has 1 aliphatic rings. The van der Waals surface area contributed by atoms with Crippen molar-refractivity contribution >= 4 is 26.8 Å². The Bertz CT molecular complexity index is 791. The number of morpholine rings is 1. The summed E-state index contributed by atoms with van der Waals surface area (Å²) in [6.45, 7) is 1.21. The van der Waals surface area contributed by atoms with Gasteiger partial charge in [0.1, 0.15) is 10.6 Å². The van der Waals surface area contributed by atoms with Crippen molar-refractivity contribution in [2.75, 3.05) is 26.3 Å². The third kappa shape index (κ3) is 2.31. The molecule has 8 heteroatoms. The van der Waals surface area contributed by atoms with Crippen LogP contribution in [0.3, 0.4) is 0 Å². The van der Waals surface area contributed by atoms with Crippen LogP contribution in [0.4, 0.5) is 0 Å². The lowest BCUT2D eigenvalue weighted by molar-refractivity contribution is 0.0730. The molecule has 0 spiro atoms. The molecule has 2 aromatic rings. The van der Waals surface area contributed by atoms with Crippen molar-refractivity contribution in [1.29, 1.82) is 0 Å². The van der Waals surface area contributed by atoms with E-state index in [1.807, 2.05) is 0 Å². The maximum atomic E-state index is 12.8. The highest BCUT2D eigenvalue weighted by Crippen LogP contribution is 2.29. The zero-order valence-electron chi connectivity index (χ0n) is 11.2. The van der Waals surface area contributed by atoms with Crippen LogP contribution in [0, 0.1) is 0 Å². The molecule has 0 aliphatic carbocycles. The van der Waals surface area contributed by atoms with Gasteiger partial charge in [0.15, 0.2) is 0 Å². The van der Waals surface area contributed by atoms with E-state index in [0.717, 1.165) is 0 Å². The van der Waals surface area contributed by atoms with Crippen LogP contribution in [0.1, 0.15) is 10.5 Å². The van der Waals surface area contributed by atoms with Gasteiger partial charge in [-0.25, -0.2) is 8.42 Å². The molecule has 7 nitrogen and oxygen atoms in total. The number of aromatic amines is 1. The fourth-order valence-corrected chi connectivity index (χ4v) is 4.23. The predicted molar refractivity (Wildman–Crippen MR) is 76.4 cm³/mol. The molecule has 112 valence electrons. The van der Waals surface area contributed by atoms with E-state index >= 15 is 0 Å². The van der Waals surface area contributed by atoms with E-state index in [1.54, 1.807) is 24.3 Å². The fraction of sp³-hybridized carbons (Fsp3) is 0.308. The lowest BCUT2D eigenvalue weighted by Crippen LogP contribution is -2.41. The number of aromatic nitrogens is 1. The van der Waals surface area contributed by atoms with Crippen molar-refractivity contribution < 1.29 is 17.9 Å². The van der Waals surface area contributed by atoms with Crippen molar-refractivity contribution in [1.82, 2.24) is 9.29 Å². The van der Waals surface area contributed by atoms with E-state index in [2.05, 4.69) is 4.98 Å². The number of nitrogens with zero attached hydrogens (tertiary/aromatic N) is 1. The second-order valence-corrected chi connectivity index (χ2v) is 6.63. The van der Waals surface area contributed by atoms with Crippen LogP contribution < -0.4 is 5.73 Å². The number of amides is 1. The summed E-state index contributed by atoms with van der Waals surface area (Å²) in [7, 11) is -3.80. The minimum Gasteiger partial charge on any atom is -0.379 e. The first-order valence-corrected chi connectivity index (χ1v) is 7.94. The van der Waals surface area contributed by atoms with Gasteiger partial charge in [0.25, 0.3) is 5.91 Å². The number of hydrogen-bond donors (Lipinski definition) is 2. The number of ether oxygens (including phenoxy) is 1. The van der Waals surface area contributed by atoms with Crippen molar-refractivity contribution in [2.24, 2.45) is 5.73 Å². The summed E-state index contributed by atoms with van der Waals surface area (Å²) in [4.78, 5) is 14.4. The maximum Gasteiger partial charge on any atom is 0.266 e. The number of rotatable bonds is 3. The first-order chi connectivity index (χ1) is 10.0. The Labute approximate surface area is 121 Å². The summed E-state index contributed by atoms with van der Waals surface area (Å²) in [5.74, 6) is -0.793. The molecule has 3 N–H and O–H groups in total. The molecule has 1 saturated heterocycles. The zero-order chi connectivity index (χ0) is 15.0. The predicted octanol–water partition coefficient (Wildman–Crippen LogP) is 0.288. The van der Waals surface area contributed by atoms with Gasteiger partial charge in [-0.2, -0.15) is 4.31 Å². The molecule has 1 fully saturated rings. The van der Waals surface area contributed by atoms with Crippen LogP contribution in [0.5, 0.6) is 0 Å². The highest BCUT2D eigenvalue weighted by atomic mass is 32.2. The van der Waals surface area contributed by atoms with Gasteiger partial charge in [0.2, 0.25) is 10.0 Å². The fourth-order valence-electron chi connectivity index (χ4n) is 2.47. The van der Waals surface area contributed by atoms with Crippen molar-refractivity contribution in [3.8, 4) is 0 Å². The van der Waals surface area contributed by atoms with E-state index in [0.29, 0.717) is 24.1 Å². The Hall–Kier alpha value is -1.90. The molecule has 21 heavy (non-hydrogen) atoms. The van der Waals surface area contributed by atoms with E-state index in [4.69, 9.17) is 10.5 Å². The first kappa shape index (κ1) is 14.1. The third-order valence-corrected chi connectivity index (χ3v) is 5.46. The van der Waals surface area contributed by atoms with Gasteiger partial charge in [0.05, 0.1) is 13.2 Å². The summed E-state index contributed by atoms with van der Waals surface area (Å²) < 4.78 is 32.2. The lowest BCUT2D eigenvalue weighted by atomic mass is 10.2. The number of carbonyl (C=O) groups excluding carboxylic acids is 1. The second-order valence-electron chi connectivity index (χ2n) is 4.76. The van der Waals surface area contributed by atoms with Gasteiger partial charge in [0, 0.05) is 24.0 Å². The third-order valence-electron chi connectivity index (χ3n) is 3.47. The summed E-state index contributed by atoms with van der Waals surface area (Å²) in [6.07, 6.45) is 0. The smallest absolute Gasteiger partial charge is 0.266 e. The number of hydrogen-bond acceptors (Lipinski definition) is 4. The van der Waals surface area contributed by atoms with Gasteiger partial charge in [-0.15, -0.1) is 0 Å². The molecule has 1 aliphatic heterocycles. The van der Waals surface area contributed by atoms with Gasteiger partial charge >= 0.3 is 0 Å². The van der Waals surface area contributed by atoms with Gasteiger partial charge in [-0.05, 0) is 6.07 Å². The number of nitrogens with two attached hydrogens (primary N) is 1. The van der Waals surface area contributed by atoms with Crippen LogP contribution in [0.25, 0.3) is 10.9 Å². The molecule has 2 heterocycles. The van der Waals surface area contributed by atoms with Crippen molar-refractivity contribution in [3.63, 3.8) is 0 Å². The summed E-state index contributed by atoms with van der Waals surface area (Å²) >= 11 is 0. The van der Waals surface area contributed by atoms with Gasteiger partial charge in [-0.3, -0.25) is 4.79 Å². The SMILES string of the molecule is NC(=O)c1[nH]c2ccccc2c1S(=O)(=O)N1CCOCC1. The number of fused-ring (bicyclic) bond motifs is 1. The Kier molecular flexibility index (Phi) is 3.44. The number of nitrogens with one attached hydrogen (secondary N) is 1. The quantitative estimate of drug-likeness (QED) is 0.850. The molecule has 1 aromatic heterocycles. The normalized spacial score (nSPS) is 17.1. The molecule has 0 radical (unpaired) electrons. The van der Waals surface area contributed by atoms with Crippen LogP contribution in [0.15, 0.2) is 29.2 Å². The Morgan fingerprint density at radius 1 is 1.24 bits per heavy atom. The molecular weight excluding hydrogens is 294 g/mol. The highest BCUT2D eigenvalue weighted by Gasteiger charge is 2.33. The number of primary amides is 1. The molecule has 0 bridgehead atoms. The van der Waals surface area contributed by atoms with E-state index in [1.165, 1.54) is 4.31 Å². The van der Waals surface area contributed by atoms with Crippen LogP contribution >= 0.6 is 0 Å². The molecule has 0 unspecified atom stereocenters. The molecular formula is C13H15N3O4S. The average Bonchev–Trinajstić information content (AvgIpc) is 2.88. The standard InChI is InChI=1S/C13H15N3O4S/c14-13(17)11-12(9-3-1-2-4-10(9)15-11)21(18,19)16-5-7-20-8-6-16/h1-4,15H,5-8H2,(H2,14,17). The average molecular weight is 309 g/mol. The van der Waals surface area contributed by atoms with Crippen LogP contribution in [0.2, 0.25) is 0 Å². The van der Waals surface area contributed by atoms with Crippen LogP contribution in [-0.4, -0.2) is 49.9 Å². The number of H-pyrrole nitrogens is 1. The number of benzene rings is 1. The topological polar surface area (TPSA) is 105 Å². The maximum absolute atomic E-state index is 12.8. The molecule has 1 amide bonds. The Balaban J connectivity index is 2.22. The van der Waals surface area contributed by atoms with Crippen LogP contribution in [-0.2, 0) is 14.8 Å². The highest BCUT2D eigenvalue weighted by molar-refractivity contribution is 7.89. The minimum absolute atomic E-state index is 0.0486. The lowest BCUT2D eigenvalue weighted by Gasteiger charge is -2.26. The Morgan fingerprint density at radius 3 is 2.57 bits per heavy atom. The number of para-hydroxylation sites is 1. The van der Waals surface area contributed by atoms with E-state index < -0.39 is 15.9 Å². The summed E-state index contributed by atoms with van der Waals surface area (Å²) in [6, 6.07) is 6.85. The largest absolute Gasteiger partial charge is 0.379 e.